The van der Waals surface area contributed by atoms with Crippen molar-refractivity contribution in [2.24, 2.45) is 0 Å². The molecule has 0 saturated carbocycles. The summed E-state index contributed by atoms with van der Waals surface area (Å²) >= 11 is 0. The van der Waals surface area contributed by atoms with Crippen LogP contribution in [0.15, 0.2) is 42.6 Å². The smallest absolute Gasteiger partial charge is 0.155 e. The average molecular weight is 272 g/mol. The monoisotopic (exact) mass is 272 g/mol. The van der Waals surface area contributed by atoms with Gasteiger partial charge in [-0.2, -0.15) is 0 Å². The molecule has 2 heterocycles. The molecule has 2 aromatic heterocycles. The number of nitrogens with zero attached hydrogens (tertiary/aromatic N) is 4. The van der Waals surface area contributed by atoms with Crippen LogP contribution in [-0.2, 0) is 0 Å². The van der Waals surface area contributed by atoms with Crippen molar-refractivity contribution >= 4 is 0 Å². The second-order valence-electron chi connectivity index (χ2n) is 4.34. The molecule has 0 aliphatic heterocycles. The Bertz CT molecular complexity index is 747. The van der Waals surface area contributed by atoms with Crippen LogP contribution in [0.1, 0.15) is 5.69 Å². The zero-order valence-electron chi connectivity index (χ0n) is 10.6. The lowest BCUT2D eigenvalue weighted by molar-refractivity contribution is 0.584. The molecule has 0 amide bonds. The molecule has 0 atom stereocenters. The van der Waals surface area contributed by atoms with E-state index in [1.54, 1.807) is 12.3 Å². The van der Waals surface area contributed by atoms with E-state index in [9.17, 15) is 8.78 Å². The van der Waals surface area contributed by atoms with Crippen molar-refractivity contribution in [3.63, 3.8) is 0 Å². The molecule has 0 saturated heterocycles. The maximum atomic E-state index is 13.2. The van der Waals surface area contributed by atoms with Gasteiger partial charge in [-0.25, -0.2) is 18.4 Å². The molecule has 100 valence electrons. The topological polar surface area (TPSA) is 43.6 Å². The van der Waals surface area contributed by atoms with Crippen molar-refractivity contribution < 1.29 is 8.78 Å². The fourth-order valence-electron chi connectivity index (χ4n) is 1.87. The summed E-state index contributed by atoms with van der Waals surface area (Å²) < 4.78 is 27.8. The van der Waals surface area contributed by atoms with Crippen molar-refractivity contribution in [2.45, 2.75) is 6.92 Å². The molecule has 0 bridgehead atoms. The fourth-order valence-corrected chi connectivity index (χ4v) is 1.87. The molecule has 0 radical (unpaired) electrons. The first-order valence-electron chi connectivity index (χ1n) is 5.95. The number of aryl methyl sites for hydroxylation is 1. The molecule has 0 fully saturated rings. The molecule has 0 spiro atoms. The van der Waals surface area contributed by atoms with Crippen LogP contribution in [0.5, 0.6) is 0 Å². The predicted octanol–water partition coefficient (Wildman–Crippen LogP) is 2.92. The Kier molecular flexibility index (Phi) is 2.98. The van der Waals surface area contributed by atoms with Gasteiger partial charge in [-0.05, 0) is 31.2 Å². The van der Waals surface area contributed by atoms with Gasteiger partial charge in [-0.1, -0.05) is 11.3 Å². The van der Waals surface area contributed by atoms with E-state index in [0.717, 1.165) is 11.8 Å². The van der Waals surface area contributed by atoms with Crippen molar-refractivity contribution in [3.8, 4) is 17.1 Å². The van der Waals surface area contributed by atoms with Gasteiger partial charge in [-0.15, -0.1) is 5.10 Å². The van der Waals surface area contributed by atoms with E-state index in [1.807, 2.05) is 19.1 Å². The number of halogens is 2. The molecule has 1 aromatic carbocycles. The number of hydrogen-bond donors (Lipinski definition) is 0. The van der Waals surface area contributed by atoms with E-state index in [4.69, 9.17) is 0 Å². The van der Waals surface area contributed by atoms with E-state index < -0.39 is 11.6 Å². The highest BCUT2D eigenvalue weighted by molar-refractivity contribution is 5.58. The maximum absolute atomic E-state index is 13.2. The third-order valence-corrected chi connectivity index (χ3v) is 2.76. The first-order valence-corrected chi connectivity index (χ1v) is 5.95. The molecule has 0 N–H and O–H groups in total. The molecular formula is C14H10F2N4. The Morgan fingerprint density at radius 3 is 2.50 bits per heavy atom. The van der Waals surface area contributed by atoms with Crippen LogP contribution in [-0.4, -0.2) is 20.0 Å². The maximum Gasteiger partial charge on any atom is 0.155 e. The highest BCUT2D eigenvalue weighted by Gasteiger charge is 2.09. The second-order valence-corrected chi connectivity index (χ2v) is 4.34. The molecule has 6 heteroatoms. The quantitative estimate of drug-likeness (QED) is 0.720. The number of rotatable bonds is 2. The Morgan fingerprint density at radius 1 is 1.05 bits per heavy atom. The number of hydrogen-bond acceptors (Lipinski definition) is 3. The van der Waals surface area contributed by atoms with Gasteiger partial charge in [0, 0.05) is 17.3 Å². The van der Waals surface area contributed by atoms with Crippen LogP contribution in [0.3, 0.4) is 0 Å². The van der Waals surface area contributed by atoms with Crippen molar-refractivity contribution in [3.05, 3.63) is 59.9 Å². The molecule has 4 nitrogen and oxygen atoms in total. The molecule has 0 aliphatic rings. The summed E-state index contributed by atoms with van der Waals surface area (Å²) in [6.45, 7) is 1.86. The number of pyridine rings is 1. The standard InChI is InChI=1S/C14H10F2N4/c1-9-3-2-4-14(17-9)20-8-13(18-19-20)10-5-11(15)7-12(16)6-10/h2-8H,1H3. The lowest BCUT2D eigenvalue weighted by atomic mass is 10.1. The minimum absolute atomic E-state index is 0.335. The first kappa shape index (κ1) is 12.4. The zero-order chi connectivity index (χ0) is 14.1. The zero-order valence-corrected chi connectivity index (χ0v) is 10.6. The van der Waals surface area contributed by atoms with Gasteiger partial charge in [0.25, 0.3) is 0 Å². The van der Waals surface area contributed by atoms with Crippen molar-refractivity contribution in [1.29, 1.82) is 0 Å². The molecular weight excluding hydrogens is 262 g/mol. The largest absolute Gasteiger partial charge is 0.234 e. The lowest BCUT2D eigenvalue weighted by Crippen LogP contribution is -1.98. The Hall–Kier alpha value is -2.63. The Morgan fingerprint density at radius 2 is 1.80 bits per heavy atom. The highest BCUT2D eigenvalue weighted by atomic mass is 19.1. The summed E-state index contributed by atoms with van der Waals surface area (Å²) in [5, 5.41) is 7.84. The van der Waals surface area contributed by atoms with Gasteiger partial charge >= 0.3 is 0 Å². The fraction of sp³-hybridized carbons (Fsp3) is 0.0714. The lowest BCUT2D eigenvalue weighted by Gasteiger charge is -1.99. The molecule has 0 aliphatic carbocycles. The Balaban J connectivity index is 2.02. The van der Waals surface area contributed by atoms with Crippen LogP contribution >= 0.6 is 0 Å². The summed E-state index contributed by atoms with van der Waals surface area (Å²) in [5.41, 5.74) is 1.56. The number of benzene rings is 1. The Labute approximate surface area is 113 Å². The van der Waals surface area contributed by atoms with Gasteiger partial charge in [0.1, 0.15) is 17.3 Å². The molecule has 3 rings (SSSR count). The van der Waals surface area contributed by atoms with Gasteiger partial charge < -0.3 is 0 Å². The van der Waals surface area contributed by atoms with Gasteiger partial charge in [0.2, 0.25) is 0 Å². The normalized spacial score (nSPS) is 10.8. The van der Waals surface area contributed by atoms with Crippen molar-refractivity contribution in [1.82, 2.24) is 20.0 Å². The van der Waals surface area contributed by atoms with Gasteiger partial charge in [0.15, 0.2) is 5.82 Å². The predicted molar refractivity (Wildman–Crippen MR) is 69.2 cm³/mol. The minimum atomic E-state index is -0.650. The summed E-state index contributed by atoms with van der Waals surface area (Å²) in [5.74, 6) is -0.702. The van der Waals surface area contributed by atoms with Crippen LogP contribution in [0, 0.1) is 18.6 Å². The van der Waals surface area contributed by atoms with E-state index in [0.29, 0.717) is 17.1 Å². The third-order valence-electron chi connectivity index (χ3n) is 2.76. The minimum Gasteiger partial charge on any atom is -0.234 e. The van der Waals surface area contributed by atoms with Crippen LogP contribution in [0.2, 0.25) is 0 Å². The third kappa shape index (κ3) is 2.40. The molecule has 20 heavy (non-hydrogen) atoms. The van der Waals surface area contributed by atoms with E-state index in [-0.39, 0.29) is 0 Å². The molecule has 0 unspecified atom stereocenters. The van der Waals surface area contributed by atoms with Crippen LogP contribution < -0.4 is 0 Å². The van der Waals surface area contributed by atoms with Crippen molar-refractivity contribution in [2.75, 3.05) is 0 Å². The first-order chi connectivity index (χ1) is 9.61. The summed E-state index contributed by atoms with van der Waals surface area (Å²) in [6, 6.07) is 8.72. The molecule has 3 aromatic rings. The summed E-state index contributed by atoms with van der Waals surface area (Å²) in [6.07, 6.45) is 1.58. The number of aromatic nitrogens is 4. The average Bonchev–Trinajstić information content (AvgIpc) is 2.87. The van der Waals surface area contributed by atoms with E-state index in [1.165, 1.54) is 16.8 Å². The highest BCUT2D eigenvalue weighted by Crippen LogP contribution is 2.19. The van der Waals surface area contributed by atoms with Crippen LogP contribution in [0.25, 0.3) is 17.1 Å². The second kappa shape index (κ2) is 4.80. The van der Waals surface area contributed by atoms with Gasteiger partial charge in [-0.3, -0.25) is 0 Å². The van der Waals surface area contributed by atoms with Crippen LogP contribution in [0.4, 0.5) is 8.78 Å². The summed E-state index contributed by atoms with van der Waals surface area (Å²) in [4.78, 5) is 4.30. The SMILES string of the molecule is Cc1cccc(-n2cc(-c3cc(F)cc(F)c3)nn2)n1. The van der Waals surface area contributed by atoms with Gasteiger partial charge in [0.05, 0.1) is 6.20 Å². The van der Waals surface area contributed by atoms with E-state index in [2.05, 4.69) is 15.3 Å². The summed E-state index contributed by atoms with van der Waals surface area (Å²) in [7, 11) is 0. The van der Waals surface area contributed by atoms with E-state index >= 15 is 0 Å².